The molecule has 0 bridgehead atoms. The maximum Gasteiger partial charge on any atom is 0.386 e. The van der Waals surface area contributed by atoms with Crippen LogP contribution in [0.4, 0.5) is 0 Å². The number of ketones is 1. The van der Waals surface area contributed by atoms with E-state index < -0.39 is 17.7 Å². The first-order chi connectivity index (χ1) is 6.63. The summed E-state index contributed by atoms with van der Waals surface area (Å²) in [4.78, 5) is 32.6. The van der Waals surface area contributed by atoms with E-state index in [0.29, 0.717) is 12.8 Å². The van der Waals surface area contributed by atoms with Gasteiger partial charge in [-0.05, 0) is 12.8 Å². The normalized spacial score (nSPS) is 9.29. The Balaban J connectivity index is 3.92. The highest BCUT2D eigenvalue weighted by molar-refractivity contribution is 6.60. The van der Waals surface area contributed by atoms with Crippen molar-refractivity contribution >= 4 is 17.7 Å². The van der Waals surface area contributed by atoms with E-state index in [0.717, 1.165) is 0 Å². The van der Waals surface area contributed by atoms with Crippen LogP contribution in [0, 0.1) is 0 Å². The molecule has 80 valence electrons. The zero-order valence-electron chi connectivity index (χ0n) is 8.37. The molecule has 0 saturated heterocycles. The SMILES string of the molecule is CCCOC(=O)C(=O)C(=O)OCCC. The molecular weight excluding hydrogens is 188 g/mol. The van der Waals surface area contributed by atoms with Gasteiger partial charge in [0, 0.05) is 0 Å². The minimum Gasteiger partial charge on any atom is -0.460 e. The monoisotopic (exact) mass is 202 g/mol. The lowest BCUT2D eigenvalue weighted by molar-refractivity contribution is -0.164. The van der Waals surface area contributed by atoms with Crippen molar-refractivity contribution in [2.75, 3.05) is 13.2 Å². The molecular formula is C9H14O5. The van der Waals surface area contributed by atoms with Gasteiger partial charge in [0.25, 0.3) is 0 Å². The predicted octanol–water partition coefficient (Wildman–Crippen LogP) is 0.462. The molecule has 0 aliphatic rings. The molecule has 0 N–H and O–H groups in total. The predicted molar refractivity (Wildman–Crippen MR) is 47.5 cm³/mol. The van der Waals surface area contributed by atoms with E-state index in [-0.39, 0.29) is 13.2 Å². The Morgan fingerprint density at radius 2 is 1.21 bits per heavy atom. The molecule has 0 amide bonds. The van der Waals surface area contributed by atoms with E-state index in [4.69, 9.17) is 0 Å². The number of hydrogen-bond acceptors (Lipinski definition) is 5. The van der Waals surface area contributed by atoms with Crippen molar-refractivity contribution in [3.8, 4) is 0 Å². The Morgan fingerprint density at radius 3 is 1.50 bits per heavy atom. The molecule has 0 atom stereocenters. The highest BCUT2D eigenvalue weighted by Gasteiger charge is 2.25. The number of carbonyl (C=O) groups excluding carboxylic acids is 3. The summed E-state index contributed by atoms with van der Waals surface area (Å²) in [6, 6.07) is 0. The van der Waals surface area contributed by atoms with Crippen molar-refractivity contribution in [3.63, 3.8) is 0 Å². The summed E-state index contributed by atoms with van der Waals surface area (Å²) in [5.41, 5.74) is 0. The number of carbonyl (C=O) groups is 3. The van der Waals surface area contributed by atoms with E-state index in [1.807, 2.05) is 0 Å². The van der Waals surface area contributed by atoms with E-state index in [1.165, 1.54) is 0 Å². The largest absolute Gasteiger partial charge is 0.460 e. The van der Waals surface area contributed by atoms with E-state index in [1.54, 1.807) is 13.8 Å². The van der Waals surface area contributed by atoms with Gasteiger partial charge in [0.05, 0.1) is 13.2 Å². The van der Waals surface area contributed by atoms with Crippen molar-refractivity contribution in [1.29, 1.82) is 0 Å². The van der Waals surface area contributed by atoms with E-state index in [2.05, 4.69) is 9.47 Å². The second-order valence-electron chi connectivity index (χ2n) is 2.60. The Hall–Kier alpha value is -1.39. The minimum atomic E-state index is -1.24. The second kappa shape index (κ2) is 7.06. The summed E-state index contributed by atoms with van der Waals surface area (Å²) >= 11 is 0. The first kappa shape index (κ1) is 12.6. The Kier molecular flexibility index (Phi) is 6.36. The highest BCUT2D eigenvalue weighted by Crippen LogP contribution is 1.89. The van der Waals surface area contributed by atoms with Gasteiger partial charge in [0.1, 0.15) is 0 Å². The quantitative estimate of drug-likeness (QED) is 0.355. The fraction of sp³-hybridized carbons (Fsp3) is 0.667. The third-order valence-electron chi connectivity index (χ3n) is 1.25. The summed E-state index contributed by atoms with van der Waals surface area (Å²) in [5, 5.41) is 0. The van der Waals surface area contributed by atoms with Gasteiger partial charge >= 0.3 is 17.7 Å². The summed E-state index contributed by atoms with van der Waals surface area (Å²) in [7, 11) is 0. The van der Waals surface area contributed by atoms with Gasteiger partial charge in [-0.3, -0.25) is 4.79 Å². The van der Waals surface area contributed by atoms with Gasteiger partial charge in [-0.2, -0.15) is 0 Å². The molecule has 0 aromatic heterocycles. The van der Waals surface area contributed by atoms with E-state index >= 15 is 0 Å². The molecule has 0 aliphatic carbocycles. The van der Waals surface area contributed by atoms with Crippen LogP contribution in [0.15, 0.2) is 0 Å². The molecule has 0 saturated carbocycles. The molecule has 0 unspecified atom stereocenters. The Bertz CT molecular complexity index is 199. The van der Waals surface area contributed by atoms with Crippen LogP contribution in [0.25, 0.3) is 0 Å². The molecule has 0 radical (unpaired) electrons. The number of rotatable bonds is 6. The van der Waals surface area contributed by atoms with Crippen LogP contribution in [-0.2, 0) is 23.9 Å². The Labute approximate surface area is 82.4 Å². The molecule has 0 heterocycles. The molecule has 0 rings (SSSR count). The van der Waals surface area contributed by atoms with Gasteiger partial charge in [-0.25, -0.2) is 9.59 Å². The first-order valence-electron chi connectivity index (χ1n) is 4.51. The van der Waals surface area contributed by atoms with Crippen molar-refractivity contribution < 1.29 is 23.9 Å². The van der Waals surface area contributed by atoms with Gasteiger partial charge in [-0.15, -0.1) is 0 Å². The summed E-state index contributed by atoms with van der Waals surface area (Å²) in [5.74, 6) is -3.53. The summed E-state index contributed by atoms with van der Waals surface area (Å²) in [6.45, 7) is 3.83. The number of hydrogen-bond donors (Lipinski definition) is 0. The molecule has 0 aromatic rings. The van der Waals surface area contributed by atoms with Gasteiger partial charge in [0.15, 0.2) is 0 Å². The average molecular weight is 202 g/mol. The zero-order chi connectivity index (χ0) is 11.0. The van der Waals surface area contributed by atoms with Crippen LogP contribution in [0.1, 0.15) is 26.7 Å². The van der Waals surface area contributed by atoms with Crippen LogP contribution in [0.3, 0.4) is 0 Å². The van der Waals surface area contributed by atoms with Crippen LogP contribution in [0.2, 0.25) is 0 Å². The molecule has 5 heteroatoms. The fourth-order valence-electron chi connectivity index (χ4n) is 0.604. The summed E-state index contributed by atoms with van der Waals surface area (Å²) < 4.78 is 8.93. The standard InChI is InChI=1S/C9H14O5/c1-3-5-13-8(11)7(10)9(12)14-6-4-2/h3-6H2,1-2H3. The van der Waals surface area contributed by atoms with Crippen LogP contribution in [0.5, 0.6) is 0 Å². The van der Waals surface area contributed by atoms with Crippen molar-refractivity contribution in [2.45, 2.75) is 26.7 Å². The maximum absolute atomic E-state index is 10.9. The molecule has 0 spiro atoms. The average Bonchev–Trinajstić information content (AvgIpc) is 2.21. The van der Waals surface area contributed by atoms with E-state index in [9.17, 15) is 14.4 Å². The Morgan fingerprint density at radius 1 is 0.857 bits per heavy atom. The fourth-order valence-corrected chi connectivity index (χ4v) is 0.604. The van der Waals surface area contributed by atoms with Crippen LogP contribution < -0.4 is 0 Å². The number of ether oxygens (including phenoxy) is 2. The molecule has 0 fully saturated rings. The zero-order valence-corrected chi connectivity index (χ0v) is 8.37. The van der Waals surface area contributed by atoms with Gasteiger partial charge in [-0.1, -0.05) is 13.8 Å². The lowest BCUT2D eigenvalue weighted by Crippen LogP contribution is -2.28. The highest BCUT2D eigenvalue weighted by atomic mass is 16.6. The molecule has 0 aliphatic heterocycles. The van der Waals surface area contributed by atoms with Crippen molar-refractivity contribution in [2.24, 2.45) is 0 Å². The first-order valence-corrected chi connectivity index (χ1v) is 4.51. The summed E-state index contributed by atoms with van der Waals surface area (Å²) in [6.07, 6.45) is 1.20. The van der Waals surface area contributed by atoms with Crippen molar-refractivity contribution in [3.05, 3.63) is 0 Å². The third kappa shape index (κ3) is 4.59. The van der Waals surface area contributed by atoms with Crippen LogP contribution in [-0.4, -0.2) is 30.9 Å². The van der Waals surface area contributed by atoms with Gasteiger partial charge < -0.3 is 9.47 Å². The lowest BCUT2D eigenvalue weighted by atomic mass is 10.4. The van der Waals surface area contributed by atoms with Crippen LogP contribution >= 0.6 is 0 Å². The topological polar surface area (TPSA) is 69.7 Å². The molecule has 5 nitrogen and oxygen atoms in total. The molecule has 14 heavy (non-hydrogen) atoms. The third-order valence-corrected chi connectivity index (χ3v) is 1.25. The number of Topliss-reactive ketones (excluding diaryl/α,β-unsaturated/α-hetero) is 1. The van der Waals surface area contributed by atoms with Gasteiger partial charge in [0.2, 0.25) is 0 Å². The lowest BCUT2D eigenvalue weighted by Gasteiger charge is -2.02. The minimum absolute atomic E-state index is 0.131. The maximum atomic E-state index is 10.9. The number of esters is 2. The second-order valence-corrected chi connectivity index (χ2v) is 2.60. The smallest absolute Gasteiger partial charge is 0.386 e. The van der Waals surface area contributed by atoms with Crippen molar-refractivity contribution in [1.82, 2.24) is 0 Å². The molecule has 0 aromatic carbocycles.